The molecule has 1 aliphatic rings. The molecule has 3 nitrogen and oxygen atoms in total. The predicted octanol–water partition coefficient (Wildman–Crippen LogP) is -0.0674. The molecule has 0 aliphatic carbocycles. The van der Waals surface area contributed by atoms with E-state index in [1.807, 2.05) is 6.82 Å². The fraction of sp³-hybridized carbons (Fsp3) is 0.857. The van der Waals surface area contributed by atoms with Crippen LogP contribution in [0.5, 0.6) is 0 Å². The zero-order valence-electron chi connectivity index (χ0n) is 7.02. The Labute approximate surface area is 68.2 Å². The molecule has 11 heavy (non-hydrogen) atoms. The Balaban J connectivity index is 2.19. The number of nitrogens with one attached hydrogen (secondary N) is 2. The third kappa shape index (κ3) is 2.93. The number of carbonyl (C=O) groups is 1. The summed E-state index contributed by atoms with van der Waals surface area (Å²) in [5.74, 6) is 0.178. The summed E-state index contributed by atoms with van der Waals surface area (Å²) in [6, 6.07) is 0.420. The SMILES string of the molecule is CBC(=O)NC1CCNCC1. The van der Waals surface area contributed by atoms with E-state index in [0.717, 1.165) is 25.9 Å². The van der Waals surface area contributed by atoms with Gasteiger partial charge in [0.05, 0.1) is 0 Å². The number of carbonyl (C=O) groups excluding carboxylic acids is 1. The highest BCUT2D eigenvalue weighted by Gasteiger charge is 2.13. The molecule has 0 aromatic carbocycles. The maximum atomic E-state index is 10.9. The first-order chi connectivity index (χ1) is 5.33. The summed E-state index contributed by atoms with van der Waals surface area (Å²) in [4.78, 5) is 10.9. The molecular formula is C7H15BN2O. The van der Waals surface area contributed by atoms with E-state index in [0.29, 0.717) is 13.3 Å². The summed E-state index contributed by atoms with van der Waals surface area (Å²) in [5, 5.41) is 6.24. The van der Waals surface area contributed by atoms with Crippen molar-refractivity contribution < 1.29 is 4.79 Å². The molecule has 62 valence electrons. The molecule has 0 saturated carbocycles. The van der Waals surface area contributed by atoms with Gasteiger partial charge >= 0.3 is 0 Å². The van der Waals surface area contributed by atoms with Crippen LogP contribution in [0.4, 0.5) is 4.79 Å². The van der Waals surface area contributed by atoms with Gasteiger partial charge in [0, 0.05) is 6.04 Å². The van der Waals surface area contributed by atoms with Crippen LogP contribution in [-0.4, -0.2) is 32.2 Å². The second kappa shape index (κ2) is 4.39. The number of hydrogen-bond acceptors (Lipinski definition) is 2. The van der Waals surface area contributed by atoms with Crippen LogP contribution in [0.25, 0.3) is 0 Å². The third-order valence-corrected chi connectivity index (χ3v) is 2.03. The van der Waals surface area contributed by atoms with Crippen molar-refractivity contribution in [1.29, 1.82) is 0 Å². The molecule has 1 amide bonds. The van der Waals surface area contributed by atoms with E-state index in [-0.39, 0.29) is 5.81 Å². The Hall–Kier alpha value is -0.505. The lowest BCUT2D eigenvalue weighted by Crippen LogP contribution is -2.43. The molecule has 0 spiro atoms. The van der Waals surface area contributed by atoms with Gasteiger partial charge in [0.25, 0.3) is 0 Å². The van der Waals surface area contributed by atoms with Gasteiger partial charge in [-0.25, -0.2) is 0 Å². The maximum Gasteiger partial charge on any atom is 0.230 e. The highest BCUT2D eigenvalue weighted by molar-refractivity contribution is 6.72. The topological polar surface area (TPSA) is 41.1 Å². The maximum absolute atomic E-state index is 10.9. The molecule has 0 atom stereocenters. The molecule has 1 rings (SSSR count). The number of amides is 1. The Morgan fingerprint density at radius 3 is 2.73 bits per heavy atom. The van der Waals surface area contributed by atoms with E-state index in [4.69, 9.17) is 0 Å². The van der Waals surface area contributed by atoms with Crippen molar-refractivity contribution in [3.8, 4) is 0 Å². The van der Waals surface area contributed by atoms with Crippen molar-refractivity contribution >= 4 is 13.1 Å². The van der Waals surface area contributed by atoms with Gasteiger partial charge in [-0.3, -0.25) is 4.79 Å². The Kier molecular flexibility index (Phi) is 3.43. The van der Waals surface area contributed by atoms with E-state index >= 15 is 0 Å². The largest absolute Gasteiger partial charge is 0.362 e. The summed E-state index contributed by atoms with van der Waals surface area (Å²) in [5.41, 5.74) is 0. The summed E-state index contributed by atoms with van der Waals surface area (Å²) in [6.07, 6.45) is 2.15. The second-order valence-corrected chi connectivity index (χ2v) is 2.95. The molecule has 1 heterocycles. The van der Waals surface area contributed by atoms with Gasteiger partial charge in [-0.05, 0) is 25.9 Å². The summed E-state index contributed by atoms with van der Waals surface area (Å²) >= 11 is 0. The molecule has 0 bridgehead atoms. The van der Waals surface area contributed by atoms with Gasteiger partial charge in [-0.1, -0.05) is 6.82 Å². The van der Waals surface area contributed by atoms with Crippen molar-refractivity contribution in [2.24, 2.45) is 0 Å². The van der Waals surface area contributed by atoms with E-state index in [2.05, 4.69) is 10.6 Å². The summed E-state index contributed by atoms with van der Waals surface area (Å²) < 4.78 is 0. The minimum atomic E-state index is 0.178. The van der Waals surface area contributed by atoms with E-state index in [1.165, 1.54) is 0 Å². The molecular weight excluding hydrogens is 139 g/mol. The smallest absolute Gasteiger partial charge is 0.230 e. The van der Waals surface area contributed by atoms with Crippen LogP contribution in [0.2, 0.25) is 6.82 Å². The van der Waals surface area contributed by atoms with Crippen molar-refractivity contribution in [1.82, 2.24) is 10.6 Å². The first-order valence-corrected chi connectivity index (χ1v) is 4.33. The zero-order chi connectivity index (χ0) is 8.10. The van der Waals surface area contributed by atoms with Crippen LogP contribution < -0.4 is 10.6 Å². The van der Waals surface area contributed by atoms with Crippen molar-refractivity contribution in [2.75, 3.05) is 13.1 Å². The first-order valence-electron chi connectivity index (χ1n) is 4.33. The van der Waals surface area contributed by atoms with E-state index in [1.54, 1.807) is 0 Å². The van der Waals surface area contributed by atoms with Gasteiger partial charge < -0.3 is 10.6 Å². The van der Waals surface area contributed by atoms with Crippen LogP contribution in [0, 0.1) is 0 Å². The molecule has 0 aromatic rings. The third-order valence-electron chi connectivity index (χ3n) is 2.03. The standard InChI is InChI=1S/C7H15BN2O/c1-8-7(11)10-6-2-4-9-5-3-6/h6,8-9H,2-5H2,1H3,(H,10,11). The van der Waals surface area contributed by atoms with Crippen LogP contribution >= 0.6 is 0 Å². The van der Waals surface area contributed by atoms with Crippen molar-refractivity contribution in [3.05, 3.63) is 0 Å². The minimum absolute atomic E-state index is 0.178. The molecule has 0 unspecified atom stereocenters. The Morgan fingerprint density at radius 2 is 2.18 bits per heavy atom. The molecule has 0 radical (unpaired) electrons. The fourth-order valence-electron chi connectivity index (χ4n) is 1.30. The van der Waals surface area contributed by atoms with Crippen molar-refractivity contribution in [3.63, 3.8) is 0 Å². The second-order valence-electron chi connectivity index (χ2n) is 2.95. The summed E-state index contributed by atoms with van der Waals surface area (Å²) in [7, 11) is 0.601. The molecule has 0 aromatic heterocycles. The highest BCUT2D eigenvalue weighted by atomic mass is 16.1. The molecule has 1 fully saturated rings. The number of hydrogen-bond donors (Lipinski definition) is 2. The predicted molar refractivity (Wildman–Crippen MR) is 47.4 cm³/mol. The van der Waals surface area contributed by atoms with E-state index < -0.39 is 0 Å². The quantitative estimate of drug-likeness (QED) is 0.546. The minimum Gasteiger partial charge on any atom is -0.362 e. The average molecular weight is 154 g/mol. The number of rotatable bonds is 2. The summed E-state index contributed by atoms with van der Waals surface area (Å²) in [6.45, 7) is 3.96. The Morgan fingerprint density at radius 1 is 1.55 bits per heavy atom. The van der Waals surface area contributed by atoms with Gasteiger partial charge in [-0.2, -0.15) is 0 Å². The van der Waals surface area contributed by atoms with Gasteiger partial charge in [0.2, 0.25) is 7.28 Å². The lowest BCUT2D eigenvalue weighted by molar-refractivity contribution is 0.252. The average Bonchev–Trinajstić information content (AvgIpc) is 2.06. The monoisotopic (exact) mass is 154 g/mol. The molecule has 1 aliphatic heterocycles. The molecule has 4 heteroatoms. The van der Waals surface area contributed by atoms with Gasteiger partial charge in [0.15, 0.2) is 5.81 Å². The fourth-order valence-corrected chi connectivity index (χ4v) is 1.30. The lowest BCUT2D eigenvalue weighted by atomic mass is 9.81. The van der Waals surface area contributed by atoms with E-state index in [9.17, 15) is 4.79 Å². The molecule has 1 saturated heterocycles. The Bertz CT molecular complexity index is 134. The zero-order valence-corrected chi connectivity index (χ0v) is 7.02. The van der Waals surface area contributed by atoms with Gasteiger partial charge in [0.1, 0.15) is 0 Å². The first kappa shape index (κ1) is 8.59. The lowest BCUT2D eigenvalue weighted by Gasteiger charge is -2.23. The van der Waals surface area contributed by atoms with Gasteiger partial charge in [-0.15, -0.1) is 0 Å². The van der Waals surface area contributed by atoms with Crippen LogP contribution in [0.3, 0.4) is 0 Å². The normalized spacial score (nSPS) is 19.4. The molecule has 2 N–H and O–H groups in total. The van der Waals surface area contributed by atoms with Crippen LogP contribution in [0.1, 0.15) is 12.8 Å². The van der Waals surface area contributed by atoms with Crippen molar-refractivity contribution in [2.45, 2.75) is 25.7 Å². The van der Waals surface area contributed by atoms with Crippen LogP contribution in [-0.2, 0) is 0 Å². The highest BCUT2D eigenvalue weighted by Crippen LogP contribution is 2.01. The van der Waals surface area contributed by atoms with Crippen LogP contribution in [0.15, 0.2) is 0 Å². The number of piperidine rings is 1.